The minimum Gasteiger partial charge on any atom is -0.386 e. The number of carbonyl (C=O) groups is 1. The quantitative estimate of drug-likeness (QED) is 0.748. The molecule has 1 saturated heterocycles. The highest BCUT2D eigenvalue weighted by Gasteiger charge is 2.29. The number of Topliss-reactive ketones (excluding diaryl/α,β-unsaturated/α-hetero) is 1. The maximum absolute atomic E-state index is 11.0. The Morgan fingerprint density at radius 1 is 1.41 bits per heavy atom. The van der Waals surface area contributed by atoms with E-state index in [0.29, 0.717) is 6.42 Å². The number of hydrogen-bond acceptors (Lipinski definition) is 3. The molecule has 3 heteroatoms. The van der Waals surface area contributed by atoms with Crippen LogP contribution in [0.15, 0.2) is 23.8 Å². The van der Waals surface area contributed by atoms with Crippen LogP contribution < -0.4 is 0 Å². The Morgan fingerprint density at radius 2 is 2.12 bits per heavy atom. The highest BCUT2D eigenvalue weighted by atomic mass is 16.5. The van der Waals surface area contributed by atoms with Crippen molar-refractivity contribution in [2.45, 2.75) is 58.3 Å². The second-order valence-electron chi connectivity index (χ2n) is 4.90. The number of ether oxygens (including phenoxy) is 1. The van der Waals surface area contributed by atoms with Crippen LogP contribution in [0.3, 0.4) is 0 Å². The standard InChI is InChI=1S/C14H22O3/c1-10(2)5-4-6-13(16)14-8-7-12(17-14)9-11(3)15/h4-6,12-14,16H,7-9H2,1-3H3/b6-4+/t12-,13-,14-/m1/s1. The number of ketones is 1. The molecule has 3 atom stereocenters. The highest BCUT2D eigenvalue weighted by Crippen LogP contribution is 2.25. The van der Waals surface area contributed by atoms with Gasteiger partial charge in [-0.25, -0.2) is 0 Å². The summed E-state index contributed by atoms with van der Waals surface area (Å²) in [5, 5.41) is 9.89. The molecule has 17 heavy (non-hydrogen) atoms. The Labute approximate surface area is 103 Å². The third-order valence-corrected chi connectivity index (χ3v) is 2.77. The van der Waals surface area contributed by atoms with Crippen LogP contribution in [0.4, 0.5) is 0 Å². The molecule has 0 aliphatic carbocycles. The summed E-state index contributed by atoms with van der Waals surface area (Å²) in [6.45, 7) is 5.58. The monoisotopic (exact) mass is 238 g/mol. The second kappa shape index (κ2) is 6.72. The van der Waals surface area contributed by atoms with Crippen LogP contribution in [0.5, 0.6) is 0 Å². The van der Waals surface area contributed by atoms with Gasteiger partial charge in [0.05, 0.1) is 18.3 Å². The number of carbonyl (C=O) groups excluding carboxylic acids is 1. The van der Waals surface area contributed by atoms with Crippen molar-refractivity contribution in [3.8, 4) is 0 Å². The first-order valence-electron chi connectivity index (χ1n) is 6.13. The number of aliphatic hydroxyl groups is 1. The zero-order valence-corrected chi connectivity index (χ0v) is 10.8. The summed E-state index contributed by atoms with van der Waals surface area (Å²) in [5.74, 6) is 0.144. The van der Waals surface area contributed by atoms with Crippen molar-refractivity contribution in [1.82, 2.24) is 0 Å². The molecule has 0 saturated carbocycles. The van der Waals surface area contributed by atoms with E-state index in [-0.39, 0.29) is 18.0 Å². The lowest BCUT2D eigenvalue weighted by Gasteiger charge is -2.15. The predicted molar refractivity (Wildman–Crippen MR) is 67.8 cm³/mol. The number of hydrogen-bond donors (Lipinski definition) is 1. The average molecular weight is 238 g/mol. The molecule has 0 amide bonds. The third kappa shape index (κ3) is 5.29. The van der Waals surface area contributed by atoms with Crippen molar-refractivity contribution in [1.29, 1.82) is 0 Å². The Bertz CT molecular complexity index is 313. The van der Waals surface area contributed by atoms with Gasteiger partial charge in [0.15, 0.2) is 0 Å². The van der Waals surface area contributed by atoms with Gasteiger partial charge in [-0.05, 0) is 33.6 Å². The lowest BCUT2D eigenvalue weighted by Crippen LogP contribution is -2.24. The highest BCUT2D eigenvalue weighted by molar-refractivity contribution is 5.76. The van der Waals surface area contributed by atoms with Crippen LogP contribution in [0.25, 0.3) is 0 Å². The minimum absolute atomic E-state index is 0.0102. The summed E-state index contributed by atoms with van der Waals surface area (Å²) in [6.07, 6.45) is 6.92. The van der Waals surface area contributed by atoms with E-state index < -0.39 is 6.10 Å². The summed E-state index contributed by atoms with van der Waals surface area (Å²) in [5.41, 5.74) is 1.19. The molecule has 1 rings (SSSR count). The van der Waals surface area contributed by atoms with Crippen molar-refractivity contribution in [2.75, 3.05) is 0 Å². The molecular weight excluding hydrogens is 216 g/mol. The van der Waals surface area contributed by atoms with Gasteiger partial charge in [-0.3, -0.25) is 4.79 Å². The van der Waals surface area contributed by atoms with E-state index in [0.717, 1.165) is 12.8 Å². The Balaban J connectivity index is 2.40. The zero-order chi connectivity index (χ0) is 12.8. The molecule has 1 fully saturated rings. The van der Waals surface area contributed by atoms with Gasteiger partial charge in [-0.15, -0.1) is 0 Å². The van der Waals surface area contributed by atoms with Crippen LogP contribution in [0.2, 0.25) is 0 Å². The topological polar surface area (TPSA) is 46.5 Å². The van der Waals surface area contributed by atoms with Crippen molar-refractivity contribution < 1.29 is 14.6 Å². The molecule has 0 unspecified atom stereocenters. The lowest BCUT2D eigenvalue weighted by atomic mass is 10.1. The fraction of sp³-hybridized carbons (Fsp3) is 0.643. The van der Waals surface area contributed by atoms with E-state index in [1.165, 1.54) is 5.57 Å². The number of aliphatic hydroxyl groups excluding tert-OH is 1. The molecule has 96 valence electrons. The first kappa shape index (κ1) is 14.1. The van der Waals surface area contributed by atoms with E-state index in [2.05, 4.69) is 0 Å². The molecule has 0 aromatic carbocycles. The van der Waals surface area contributed by atoms with Crippen LogP contribution in [-0.4, -0.2) is 29.2 Å². The number of rotatable bonds is 5. The normalized spacial score (nSPS) is 26.1. The van der Waals surface area contributed by atoms with E-state index in [9.17, 15) is 9.90 Å². The van der Waals surface area contributed by atoms with E-state index in [1.807, 2.05) is 26.0 Å². The van der Waals surface area contributed by atoms with Gasteiger partial charge >= 0.3 is 0 Å². The first-order chi connectivity index (χ1) is 7.99. The SMILES string of the molecule is CC(=O)C[C@H]1CC[C@H]([C@H](O)/C=C/C=C(C)C)O1. The van der Waals surface area contributed by atoms with Gasteiger partial charge < -0.3 is 9.84 Å². The molecular formula is C14H22O3. The van der Waals surface area contributed by atoms with Crippen molar-refractivity contribution in [3.05, 3.63) is 23.8 Å². The van der Waals surface area contributed by atoms with Gasteiger partial charge in [0, 0.05) is 6.42 Å². The largest absolute Gasteiger partial charge is 0.386 e. The van der Waals surface area contributed by atoms with Crippen LogP contribution in [0, 0.1) is 0 Å². The smallest absolute Gasteiger partial charge is 0.132 e. The minimum atomic E-state index is -0.581. The van der Waals surface area contributed by atoms with Gasteiger partial charge in [0.2, 0.25) is 0 Å². The molecule has 0 radical (unpaired) electrons. The van der Waals surface area contributed by atoms with Gasteiger partial charge in [0.25, 0.3) is 0 Å². The fourth-order valence-corrected chi connectivity index (χ4v) is 1.94. The maximum Gasteiger partial charge on any atom is 0.132 e. The van der Waals surface area contributed by atoms with Gasteiger partial charge in [0.1, 0.15) is 5.78 Å². The van der Waals surface area contributed by atoms with Crippen molar-refractivity contribution >= 4 is 5.78 Å². The number of allylic oxidation sites excluding steroid dienone is 3. The van der Waals surface area contributed by atoms with Gasteiger partial charge in [-0.1, -0.05) is 23.8 Å². The fourth-order valence-electron chi connectivity index (χ4n) is 1.94. The van der Waals surface area contributed by atoms with Crippen LogP contribution in [0.1, 0.15) is 40.0 Å². The Hall–Kier alpha value is -0.930. The molecule has 1 aliphatic rings. The molecule has 0 bridgehead atoms. The molecule has 0 aromatic heterocycles. The molecule has 3 nitrogen and oxygen atoms in total. The summed E-state index contributed by atoms with van der Waals surface area (Å²) in [6, 6.07) is 0. The molecule has 0 spiro atoms. The maximum atomic E-state index is 11.0. The van der Waals surface area contributed by atoms with Crippen molar-refractivity contribution in [3.63, 3.8) is 0 Å². The molecule has 1 N–H and O–H groups in total. The summed E-state index contributed by atoms with van der Waals surface area (Å²) in [7, 11) is 0. The van der Waals surface area contributed by atoms with E-state index in [4.69, 9.17) is 4.74 Å². The summed E-state index contributed by atoms with van der Waals surface area (Å²) in [4.78, 5) is 11.0. The lowest BCUT2D eigenvalue weighted by molar-refractivity contribution is -0.120. The molecule has 1 aliphatic heterocycles. The summed E-state index contributed by atoms with van der Waals surface area (Å²) < 4.78 is 5.65. The van der Waals surface area contributed by atoms with Gasteiger partial charge in [-0.2, -0.15) is 0 Å². The Kier molecular flexibility index (Phi) is 5.59. The zero-order valence-electron chi connectivity index (χ0n) is 10.8. The van der Waals surface area contributed by atoms with Crippen LogP contribution in [-0.2, 0) is 9.53 Å². The molecule has 1 heterocycles. The Morgan fingerprint density at radius 3 is 2.71 bits per heavy atom. The third-order valence-electron chi connectivity index (χ3n) is 2.77. The first-order valence-corrected chi connectivity index (χ1v) is 6.13. The molecule has 0 aromatic rings. The van der Waals surface area contributed by atoms with Crippen LogP contribution >= 0.6 is 0 Å². The van der Waals surface area contributed by atoms with E-state index >= 15 is 0 Å². The van der Waals surface area contributed by atoms with E-state index in [1.54, 1.807) is 13.0 Å². The summed E-state index contributed by atoms with van der Waals surface area (Å²) >= 11 is 0. The average Bonchev–Trinajstić information content (AvgIpc) is 2.64. The second-order valence-corrected chi connectivity index (χ2v) is 4.90. The predicted octanol–water partition coefficient (Wildman–Crippen LogP) is 2.40. The van der Waals surface area contributed by atoms with Crippen molar-refractivity contribution in [2.24, 2.45) is 0 Å².